The lowest BCUT2D eigenvalue weighted by atomic mass is 10.4. The van der Waals surface area contributed by atoms with Gasteiger partial charge in [0.1, 0.15) is 12.7 Å². The highest BCUT2D eigenvalue weighted by atomic mass is 16.5. The molecule has 0 saturated carbocycles. The summed E-state index contributed by atoms with van der Waals surface area (Å²) in [5, 5.41) is 8.11. The number of hydrogen-bond donors (Lipinski definition) is 0. The summed E-state index contributed by atoms with van der Waals surface area (Å²) < 4.78 is 12.3. The summed E-state index contributed by atoms with van der Waals surface area (Å²) in [6, 6.07) is 3.37. The van der Waals surface area contributed by atoms with Crippen LogP contribution >= 0.6 is 0 Å². The van der Waals surface area contributed by atoms with Crippen LogP contribution in [-0.2, 0) is 9.47 Å². The monoisotopic (exact) mass is 328 g/mol. The molecule has 3 rings (SSSR count). The molecule has 0 radical (unpaired) electrons. The van der Waals surface area contributed by atoms with Crippen LogP contribution in [0.4, 0.5) is 0 Å². The van der Waals surface area contributed by atoms with Gasteiger partial charge in [-0.15, -0.1) is 10.2 Å². The molecule has 10 nitrogen and oxygen atoms in total. The number of imidazole rings is 2. The number of rotatable bonds is 4. The van der Waals surface area contributed by atoms with Crippen molar-refractivity contribution in [1.29, 1.82) is 0 Å². The van der Waals surface area contributed by atoms with E-state index in [-0.39, 0.29) is 11.4 Å². The molecular formula is C14H12N6O4. The zero-order valence-electron chi connectivity index (χ0n) is 12.8. The third kappa shape index (κ3) is 2.84. The Morgan fingerprint density at radius 3 is 1.58 bits per heavy atom. The van der Waals surface area contributed by atoms with Crippen molar-refractivity contribution in [2.24, 2.45) is 0 Å². The average molecular weight is 328 g/mol. The highest BCUT2D eigenvalue weighted by Gasteiger charge is 2.12. The van der Waals surface area contributed by atoms with Gasteiger partial charge in [0.25, 0.3) is 0 Å². The fourth-order valence-electron chi connectivity index (χ4n) is 1.91. The molecule has 0 fully saturated rings. The highest BCUT2D eigenvalue weighted by molar-refractivity contribution is 5.87. The minimum Gasteiger partial charge on any atom is -0.464 e. The molecule has 24 heavy (non-hydrogen) atoms. The van der Waals surface area contributed by atoms with Gasteiger partial charge in [-0.25, -0.2) is 19.6 Å². The summed E-state index contributed by atoms with van der Waals surface area (Å²) in [5.41, 5.74) is 0.335. The van der Waals surface area contributed by atoms with Crippen molar-refractivity contribution in [2.45, 2.75) is 0 Å². The van der Waals surface area contributed by atoms with Crippen LogP contribution in [0.3, 0.4) is 0 Å². The van der Waals surface area contributed by atoms with Crippen LogP contribution in [0.1, 0.15) is 21.0 Å². The minimum atomic E-state index is -0.535. The van der Waals surface area contributed by atoms with Crippen LogP contribution in [0.25, 0.3) is 11.6 Å². The average Bonchev–Trinajstić information content (AvgIpc) is 3.30. The molecule has 3 heterocycles. The molecule has 0 aromatic carbocycles. The van der Waals surface area contributed by atoms with E-state index < -0.39 is 11.9 Å². The molecule has 0 aliphatic carbocycles. The number of carbonyl (C=O) groups is 2. The lowest BCUT2D eigenvalue weighted by Gasteiger charge is -2.02. The summed E-state index contributed by atoms with van der Waals surface area (Å²) in [4.78, 5) is 30.7. The maximum Gasteiger partial charge on any atom is 0.358 e. The van der Waals surface area contributed by atoms with Gasteiger partial charge in [0.05, 0.1) is 14.2 Å². The van der Waals surface area contributed by atoms with E-state index in [9.17, 15) is 9.59 Å². The number of hydrogen-bond acceptors (Lipinski definition) is 8. The normalized spacial score (nSPS) is 10.4. The fraction of sp³-hybridized carbons (Fsp3) is 0.143. The van der Waals surface area contributed by atoms with E-state index in [0.29, 0.717) is 11.6 Å². The standard InChI is InChI=1S/C14H12N6O4/c1-23-13(21)9-5-19(7-15-9)11-3-4-12(18-17-11)20-6-10(16-8-20)14(22)24-2/h3-8H,1-2H3. The Bertz CT molecular complexity index is 810. The van der Waals surface area contributed by atoms with Crippen molar-refractivity contribution < 1.29 is 19.1 Å². The number of aromatic nitrogens is 6. The van der Waals surface area contributed by atoms with Crippen molar-refractivity contribution in [3.63, 3.8) is 0 Å². The SMILES string of the molecule is COC(=O)c1cn(-c2ccc(-n3cnc(C(=O)OC)c3)nn2)cn1. The Balaban J connectivity index is 1.83. The largest absolute Gasteiger partial charge is 0.464 e. The third-order valence-electron chi connectivity index (χ3n) is 3.12. The first-order valence-corrected chi connectivity index (χ1v) is 6.71. The Morgan fingerprint density at radius 2 is 1.25 bits per heavy atom. The van der Waals surface area contributed by atoms with E-state index in [0.717, 1.165) is 0 Å². The second-order valence-electron chi connectivity index (χ2n) is 4.57. The predicted octanol–water partition coefficient (Wildman–Crippen LogP) is 0.421. The molecule has 0 amide bonds. The van der Waals surface area contributed by atoms with Crippen LogP contribution in [0.5, 0.6) is 0 Å². The fourth-order valence-corrected chi connectivity index (χ4v) is 1.91. The maximum absolute atomic E-state index is 11.4. The third-order valence-corrected chi connectivity index (χ3v) is 3.12. The van der Waals surface area contributed by atoms with E-state index in [1.54, 1.807) is 12.1 Å². The number of carbonyl (C=O) groups excluding carboxylic acids is 2. The zero-order valence-corrected chi connectivity index (χ0v) is 12.8. The number of methoxy groups -OCH3 is 2. The second-order valence-corrected chi connectivity index (χ2v) is 4.57. The van der Waals surface area contributed by atoms with Crippen molar-refractivity contribution in [1.82, 2.24) is 29.3 Å². The summed E-state index contributed by atoms with van der Waals surface area (Å²) in [7, 11) is 2.56. The molecule has 0 atom stereocenters. The topological polar surface area (TPSA) is 114 Å². The van der Waals surface area contributed by atoms with Gasteiger partial charge in [-0.1, -0.05) is 0 Å². The van der Waals surface area contributed by atoms with Gasteiger partial charge < -0.3 is 9.47 Å². The van der Waals surface area contributed by atoms with E-state index in [4.69, 9.17) is 0 Å². The molecule has 3 aromatic rings. The Kier molecular flexibility index (Phi) is 4.01. The Labute approximate surface area is 135 Å². The first kappa shape index (κ1) is 15.3. The van der Waals surface area contributed by atoms with Crippen LogP contribution in [-0.4, -0.2) is 55.5 Å². The molecule has 0 aliphatic rings. The molecule has 0 unspecified atom stereocenters. The molecule has 0 N–H and O–H groups in total. The van der Waals surface area contributed by atoms with Gasteiger partial charge in [0.15, 0.2) is 23.0 Å². The number of esters is 2. The smallest absolute Gasteiger partial charge is 0.358 e. The molecule has 0 bridgehead atoms. The van der Waals surface area contributed by atoms with Crippen LogP contribution in [0.15, 0.2) is 37.2 Å². The highest BCUT2D eigenvalue weighted by Crippen LogP contribution is 2.10. The van der Waals surface area contributed by atoms with Gasteiger partial charge in [0.2, 0.25) is 0 Å². The van der Waals surface area contributed by atoms with Gasteiger partial charge in [-0.3, -0.25) is 9.13 Å². The van der Waals surface area contributed by atoms with Gasteiger partial charge in [-0.05, 0) is 12.1 Å². The molecule has 0 spiro atoms. The Morgan fingerprint density at radius 1 is 0.833 bits per heavy atom. The van der Waals surface area contributed by atoms with Gasteiger partial charge >= 0.3 is 11.9 Å². The van der Waals surface area contributed by atoms with Gasteiger partial charge in [-0.2, -0.15) is 0 Å². The lowest BCUT2D eigenvalue weighted by molar-refractivity contribution is 0.0586. The summed E-state index contributed by atoms with van der Waals surface area (Å²) in [6.07, 6.45) is 5.84. The zero-order chi connectivity index (χ0) is 17.1. The Hall–Kier alpha value is -3.56. The van der Waals surface area contributed by atoms with Crippen molar-refractivity contribution in [3.05, 3.63) is 48.6 Å². The van der Waals surface area contributed by atoms with Gasteiger partial charge in [0, 0.05) is 12.4 Å². The van der Waals surface area contributed by atoms with Crippen LogP contribution in [0.2, 0.25) is 0 Å². The first-order chi connectivity index (χ1) is 11.6. The summed E-state index contributed by atoms with van der Waals surface area (Å²) >= 11 is 0. The van der Waals surface area contributed by atoms with E-state index in [1.807, 2.05) is 0 Å². The first-order valence-electron chi connectivity index (χ1n) is 6.71. The minimum absolute atomic E-state index is 0.167. The van der Waals surface area contributed by atoms with Crippen LogP contribution < -0.4 is 0 Å². The van der Waals surface area contributed by atoms with E-state index in [1.165, 1.54) is 48.4 Å². The van der Waals surface area contributed by atoms with Crippen molar-refractivity contribution in [3.8, 4) is 11.6 Å². The maximum atomic E-state index is 11.4. The summed E-state index contributed by atoms with van der Waals surface area (Å²) in [6.45, 7) is 0. The second kappa shape index (κ2) is 6.28. The quantitative estimate of drug-likeness (QED) is 0.633. The van der Waals surface area contributed by atoms with E-state index in [2.05, 4.69) is 29.6 Å². The lowest BCUT2D eigenvalue weighted by Crippen LogP contribution is -2.03. The molecule has 0 aliphatic heterocycles. The molecule has 122 valence electrons. The predicted molar refractivity (Wildman–Crippen MR) is 79.0 cm³/mol. The molecular weight excluding hydrogens is 316 g/mol. The van der Waals surface area contributed by atoms with Crippen molar-refractivity contribution >= 4 is 11.9 Å². The molecule has 10 heteroatoms. The molecule has 3 aromatic heterocycles. The number of ether oxygens (including phenoxy) is 2. The van der Waals surface area contributed by atoms with E-state index >= 15 is 0 Å². The molecule has 0 saturated heterocycles. The van der Waals surface area contributed by atoms with Crippen LogP contribution in [0, 0.1) is 0 Å². The van der Waals surface area contributed by atoms with Crippen molar-refractivity contribution in [2.75, 3.05) is 14.2 Å². The summed E-state index contributed by atoms with van der Waals surface area (Å²) in [5.74, 6) is -0.136. The number of nitrogens with zero attached hydrogens (tertiary/aromatic N) is 6.